The number of ether oxygens (including phenoxy) is 2. The molecule has 1 saturated heterocycles. The molecule has 2 aliphatic rings. The number of benzene rings is 1. The third-order valence-corrected chi connectivity index (χ3v) is 3.82. The molecule has 5 nitrogen and oxygen atoms in total. The third-order valence-electron chi connectivity index (χ3n) is 3.82. The number of nitrogens with zero attached hydrogens (tertiary/aromatic N) is 2. The van der Waals surface area contributed by atoms with Crippen LogP contribution in [0.4, 0.5) is 5.69 Å². The molecule has 3 rings (SSSR count). The fourth-order valence-electron chi connectivity index (χ4n) is 2.85. The van der Waals surface area contributed by atoms with Crippen LogP contribution in [0.25, 0.3) is 0 Å². The molecule has 1 aromatic carbocycles. The first-order valence-electron chi connectivity index (χ1n) is 7.34. The quantitative estimate of drug-likeness (QED) is 0.859. The lowest BCUT2D eigenvalue weighted by molar-refractivity contribution is 0.0774. The number of aliphatic imine (C=N–C) groups is 1. The van der Waals surface area contributed by atoms with E-state index in [0.29, 0.717) is 22.7 Å². The molecule has 112 valence electrons. The van der Waals surface area contributed by atoms with E-state index < -0.39 is 0 Å². The van der Waals surface area contributed by atoms with Crippen molar-refractivity contribution in [1.82, 2.24) is 4.90 Å². The van der Waals surface area contributed by atoms with E-state index in [2.05, 4.69) is 4.99 Å². The predicted octanol–water partition coefficient (Wildman–Crippen LogP) is 2.80. The number of fused-ring (bicyclic) bond motifs is 2. The van der Waals surface area contributed by atoms with Crippen LogP contribution < -0.4 is 9.47 Å². The lowest BCUT2D eigenvalue weighted by Gasteiger charge is -2.20. The summed E-state index contributed by atoms with van der Waals surface area (Å²) in [4.78, 5) is 19.1. The Morgan fingerprint density at radius 3 is 2.86 bits per heavy atom. The second-order valence-corrected chi connectivity index (χ2v) is 5.67. The van der Waals surface area contributed by atoms with Crippen molar-refractivity contribution in [2.24, 2.45) is 4.99 Å². The summed E-state index contributed by atoms with van der Waals surface area (Å²) in [5.74, 6) is 1.22. The van der Waals surface area contributed by atoms with Crippen LogP contribution in [0.15, 0.2) is 17.1 Å². The first-order chi connectivity index (χ1) is 10.1. The maximum Gasteiger partial charge on any atom is 0.256 e. The molecule has 0 saturated carbocycles. The molecule has 2 heterocycles. The number of hydrogen-bond acceptors (Lipinski definition) is 4. The zero-order valence-corrected chi connectivity index (χ0v) is 12.6. The third kappa shape index (κ3) is 2.48. The minimum atomic E-state index is 0.0272. The Bertz CT molecular complexity index is 595. The van der Waals surface area contributed by atoms with Gasteiger partial charge in [0.1, 0.15) is 0 Å². The fourth-order valence-corrected chi connectivity index (χ4v) is 2.85. The molecule has 0 aliphatic carbocycles. The van der Waals surface area contributed by atoms with Crippen LogP contribution >= 0.6 is 0 Å². The minimum absolute atomic E-state index is 0.0272. The highest BCUT2D eigenvalue weighted by Crippen LogP contribution is 2.38. The molecule has 0 N–H and O–H groups in total. The normalized spacial score (nSPS) is 20.3. The summed E-state index contributed by atoms with van der Waals surface area (Å²) in [7, 11) is 1.58. The highest BCUT2D eigenvalue weighted by Gasteiger charge is 2.32. The van der Waals surface area contributed by atoms with Crippen LogP contribution in [-0.4, -0.2) is 42.8 Å². The summed E-state index contributed by atoms with van der Waals surface area (Å²) in [5.41, 5.74) is 1.24. The number of amides is 1. The van der Waals surface area contributed by atoms with E-state index in [-0.39, 0.29) is 18.1 Å². The van der Waals surface area contributed by atoms with Gasteiger partial charge >= 0.3 is 0 Å². The summed E-state index contributed by atoms with van der Waals surface area (Å²) in [6.45, 7) is 4.70. The first kappa shape index (κ1) is 13.9. The Hall–Kier alpha value is -2.04. The molecule has 1 fully saturated rings. The summed E-state index contributed by atoms with van der Waals surface area (Å²) in [6.07, 6.45) is 3.92. The van der Waals surface area contributed by atoms with Gasteiger partial charge in [-0.2, -0.15) is 0 Å². The number of carbonyl (C=O) groups is 1. The highest BCUT2D eigenvalue weighted by molar-refractivity contribution is 6.03. The molecule has 0 spiro atoms. The van der Waals surface area contributed by atoms with Gasteiger partial charge in [-0.15, -0.1) is 0 Å². The standard InChI is InChI=1S/C16H20N2O3/c1-10(2)21-15-8-13-12(7-14(15)20-3)16(19)18-6-4-5-11(18)9-17-13/h7-11H,4-6H2,1-3H3. The Morgan fingerprint density at radius 1 is 1.33 bits per heavy atom. The van der Waals surface area contributed by atoms with E-state index in [9.17, 15) is 4.79 Å². The maximum absolute atomic E-state index is 12.7. The van der Waals surface area contributed by atoms with Crippen molar-refractivity contribution in [3.05, 3.63) is 17.7 Å². The van der Waals surface area contributed by atoms with Gasteiger partial charge < -0.3 is 14.4 Å². The van der Waals surface area contributed by atoms with E-state index >= 15 is 0 Å². The van der Waals surface area contributed by atoms with Gasteiger partial charge in [0.05, 0.1) is 30.5 Å². The van der Waals surface area contributed by atoms with Crippen LogP contribution in [0.2, 0.25) is 0 Å². The van der Waals surface area contributed by atoms with Gasteiger partial charge in [-0.3, -0.25) is 9.79 Å². The van der Waals surface area contributed by atoms with Crippen molar-refractivity contribution in [2.45, 2.75) is 38.8 Å². The van der Waals surface area contributed by atoms with E-state index in [1.165, 1.54) is 0 Å². The van der Waals surface area contributed by atoms with E-state index in [4.69, 9.17) is 9.47 Å². The second-order valence-electron chi connectivity index (χ2n) is 5.67. The average Bonchev–Trinajstić information content (AvgIpc) is 2.87. The van der Waals surface area contributed by atoms with Crippen molar-refractivity contribution >= 4 is 17.8 Å². The van der Waals surface area contributed by atoms with Crippen molar-refractivity contribution in [1.29, 1.82) is 0 Å². The number of hydrogen-bond donors (Lipinski definition) is 0. The van der Waals surface area contributed by atoms with E-state index in [1.807, 2.05) is 25.0 Å². The van der Waals surface area contributed by atoms with Gasteiger partial charge in [0, 0.05) is 18.8 Å². The van der Waals surface area contributed by atoms with Crippen LogP contribution in [0.5, 0.6) is 11.5 Å². The lowest BCUT2D eigenvalue weighted by atomic mass is 10.1. The Labute approximate surface area is 124 Å². The molecule has 0 radical (unpaired) electrons. The fraction of sp³-hybridized carbons (Fsp3) is 0.500. The number of methoxy groups -OCH3 is 1. The molecular weight excluding hydrogens is 268 g/mol. The predicted molar refractivity (Wildman–Crippen MR) is 81.0 cm³/mol. The van der Waals surface area contributed by atoms with Crippen molar-refractivity contribution in [3.8, 4) is 11.5 Å². The molecule has 1 aromatic rings. The van der Waals surface area contributed by atoms with Crippen LogP contribution in [0.3, 0.4) is 0 Å². The van der Waals surface area contributed by atoms with E-state index in [0.717, 1.165) is 19.4 Å². The average molecular weight is 288 g/mol. The molecule has 1 unspecified atom stereocenters. The summed E-state index contributed by atoms with van der Waals surface area (Å²) in [6, 6.07) is 3.66. The summed E-state index contributed by atoms with van der Waals surface area (Å²) < 4.78 is 11.1. The van der Waals surface area contributed by atoms with E-state index in [1.54, 1.807) is 19.2 Å². The van der Waals surface area contributed by atoms with Crippen molar-refractivity contribution in [3.63, 3.8) is 0 Å². The maximum atomic E-state index is 12.7. The van der Waals surface area contributed by atoms with Gasteiger partial charge in [-0.1, -0.05) is 0 Å². The van der Waals surface area contributed by atoms with Crippen LogP contribution in [-0.2, 0) is 0 Å². The molecule has 5 heteroatoms. The van der Waals surface area contributed by atoms with Crippen molar-refractivity contribution in [2.75, 3.05) is 13.7 Å². The molecule has 2 aliphatic heterocycles. The minimum Gasteiger partial charge on any atom is -0.493 e. The SMILES string of the molecule is COc1cc2c(cc1OC(C)C)N=CC1CCCN1C2=O. The van der Waals surface area contributed by atoms with Crippen LogP contribution in [0, 0.1) is 0 Å². The monoisotopic (exact) mass is 288 g/mol. The van der Waals surface area contributed by atoms with Gasteiger partial charge in [-0.05, 0) is 32.8 Å². The summed E-state index contributed by atoms with van der Waals surface area (Å²) in [5, 5.41) is 0. The molecule has 1 amide bonds. The Balaban J connectivity index is 2.06. The van der Waals surface area contributed by atoms with Gasteiger partial charge in [-0.25, -0.2) is 0 Å². The number of carbonyl (C=O) groups excluding carboxylic acids is 1. The highest BCUT2D eigenvalue weighted by atomic mass is 16.5. The lowest BCUT2D eigenvalue weighted by Crippen LogP contribution is -2.35. The van der Waals surface area contributed by atoms with Gasteiger partial charge in [0.15, 0.2) is 11.5 Å². The molecule has 0 bridgehead atoms. The zero-order valence-electron chi connectivity index (χ0n) is 12.6. The zero-order chi connectivity index (χ0) is 15.0. The molecule has 0 aromatic heterocycles. The molecule has 1 atom stereocenters. The van der Waals surface area contributed by atoms with Crippen LogP contribution in [0.1, 0.15) is 37.0 Å². The number of rotatable bonds is 3. The largest absolute Gasteiger partial charge is 0.493 e. The first-order valence-corrected chi connectivity index (χ1v) is 7.34. The summed E-state index contributed by atoms with van der Waals surface area (Å²) >= 11 is 0. The smallest absolute Gasteiger partial charge is 0.256 e. The van der Waals surface area contributed by atoms with Crippen molar-refractivity contribution < 1.29 is 14.3 Å². The second kappa shape index (κ2) is 5.39. The molecular formula is C16H20N2O3. The van der Waals surface area contributed by atoms with Gasteiger partial charge in [0.25, 0.3) is 5.91 Å². The Morgan fingerprint density at radius 2 is 2.14 bits per heavy atom. The topological polar surface area (TPSA) is 51.1 Å². The Kier molecular flexibility index (Phi) is 3.57. The molecule has 21 heavy (non-hydrogen) atoms. The van der Waals surface area contributed by atoms with Gasteiger partial charge in [0.2, 0.25) is 0 Å².